The number of nitrogens with one attached hydrogen (secondary N) is 3. The van der Waals surface area contributed by atoms with Crippen LogP contribution in [-0.4, -0.2) is 29.6 Å². The summed E-state index contributed by atoms with van der Waals surface area (Å²) in [6.07, 6.45) is 2.10. The minimum atomic E-state index is -0.568. The molecule has 1 atom stereocenters. The molecule has 10 heteroatoms. The summed E-state index contributed by atoms with van der Waals surface area (Å²) in [5.41, 5.74) is 2.02. The Kier molecular flexibility index (Phi) is 11.6. The summed E-state index contributed by atoms with van der Waals surface area (Å²) in [4.78, 5) is 40.1. The lowest BCUT2D eigenvalue weighted by Gasteiger charge is -2.16. The fourth-order valence-corrected chi connectivity index (χ4v) is 5.26. The molecule has 7 nitrogen and oxygen atoms in total. The van der Waals surface area contributed by atoms with E-state index in [1.165, 1.54) is 30.0 Å². The molecule has 3 amide bonds. The second-order valence-corrected chi connectivity index (χ2v) is 11.2. The Hall–Kier alpha value is -4.60. The van der Waals surface area contributed by atoms with E-state index in [0.29, 0.717) is 41.3 Å². The molecule has 0 aromatic heterocycles. The van der Waals surface area contributed by atoms with Crippen molar-refractivity contribution in [1.29, 1.82) is 0 Å². The number of anilines is 2. The minimum absolute atomic E-state index is 0.0461. The van der Waals surface area contributed by atoms with Crippen LogP contribution in [0.15, 0.2) is 108 Å². The molecule has 0 fully saturated rings. The highest BCUT2D eigenvalue weighted by molar-refractivity contribution is 8.00. The van der Waals surface area contributed by atoms with Gasteiger partial charge >= 0.3 is 0 Å². The Bertz CT molecular complexity index is 1650. The highest BCUT2D eigenvalue weighted by Gasteiger charge is 2.20. The summed E-state index contributed by atoms with van der Waals surface area (Å²) >= 11 is 7.17. The monoisotopic (exact) mass is 631 g/mol. The second-order valence-electron chi connectivity index (χ2n) is 9.50. The van der Waals surface area contributed by atoms with Crippen molar-refractivity contribution < 1.29 is 23.5 Å². The maximum absolute atomic E-state index is 13.5. The molecule has 3 N–H and O–H groups in total. The summed E-state index contributed by atoms with van der Waals surface area (Å²) < 4.78 is 19.0. The van der Waals surface area contributed by atoms with Crippen molar-refractivity contribution in [3.05, 3.63) is 125 Å². The maximum Gasteiger partial charge on any atom is 0.272 e. The Morgan fingerprint density at radius 1 is 0.886 bits per heavy atom. The summed E-state index contributed by atoms with van der Waals surface area (Å²) in [6, 6.07) is 26.8. The highest BCUT2D eigenvalue weighted by atomic mass is 35.5. The normalized spacial score (nSPS) is 11.8. The van der Waals surface area contributed by atoms with Gasteiger partial charge in [-0.1, -0.05) is 54.9 Å². The molecule has 226 valence electrons. The molecule has 0 radical (unpaired) electrons. The SMILES string of the molecule is CCOc1ccc(/C=C(/NC(=O)c2ccccc2)C(=O)Nc2cccc(SC(CC)C(=O)Nc3ccc(F)c(Cl)c3)c2)cc1. The number of hydrogen-bond donors (Lipinski definition) is 3. The number of rotatable bonds is 12. The van der Waals surface area contributed by atoms with Crippen LogP contribution >= 0.6 is 23.4 Å². The van der Waals surface area contributed by atoms with Crippen molar-refractivity contribution >= 4 is 58.5 Å². The van der Waals surface area contributed by atoms with Gasteiger partial charge in [-0.2, -0.15) is 0 Å². The van der Waals surface area contributed by atoms with Gasteiger partial charge in [0.2, 0.25) is 5.91 Å². The van der Waals surface area contributed by atoms with E-state index in [9.17, 15) is 18.8 Å². The third-order valence-electron chi connectivity index (χ3n) is 6.25. The van der Waals surface area contributed by atoms with E-state index in [0.717, 1.165) is 4.90 Å². The van der Waals surface area contributed by atoms with Crippen LogP contribution in [0.3, 0.4) is 0 Å². The van der Waals surface area contributed by atoms with Crippen LogP contribution in [0.2, 0.25) is 5.02 Å². The van der Waals surface area contributed by atoms with Crippen LogP contribution in [-0.2, 0) is 9.59 Å². The van der Waals surface area contributed by atoms with Crippen molar-refractivity contribution in [2.45, 2.75) is 30.4 Å². The first-order chi connectivity index (χ1) is 21.2. The number of amides is 3. The molecule has 0 spiro atoms. The highest BCUT2D eigenvalue weighted by Crippen LogP contribution is 2.29. The fraction of sp³-hybridized carbons (Fsp3) is 0.147. The molecule has 4 aromatic carbocycles. The molecule has 0 heterocycles. The number of ether oxygens (including phenoxy) is 1. The first kappa shape index (κ1) is 32.3. The third-order valence-corrected chi connectivity index (χ3v) is 7.90. The van der Waals surface area contributed by atoms with Crippen LogP contribution in [0.1, 0.15) is 36.2 Å². The van der Waals surface area contributed by atoms with Crippen LogP contribution in [0.4, 0.5) is 15.8 Å². The van der Waals surface area contributed by atoms with Gasteiger partial charge in [0.15, 0.2) is 0 Å². The lowest BCUT2D eigenvalue weighted by molar-refractivity contribution is -0.116. The molecule has 1 unspecified atom stereocenters. The Morgan fingerprint density at radius 3 is 2.30 bits per heavy atom. The summed E-state index contributed by atoms with van der Waals surface area (Å²) in [5, 5.41) is 7.81. The van der Waals surface area contributed by atoms with Crippen LogP contribution in [0, 0.1) is 5.82 Å². The van der Waals surface area contributed by atoms with Gasteiger partial charge in [-0.25, -0.2) is 4.39 Å². The zero-order valence-electron chi connectivity index (χ0n) is 24.1. The van der Waals surface area contributed by atoms with Crippen molar-refractivity contribution in [2.75, 3.05) is 17.2 Å². The quantitative estimate of drug-likeness (QED) is 0.110. The average molecular weight is 632 g/mol. The topological polar surface area (TPSA) is 96.5 Å². The number of halogens is 2. The molecule has 0 bridgehead atoms. The van der Waals surface area contributed by atoms with Gasteiger partial charge < -0.3 is 20.7 Å². The van der Waals surface area contributed by atoms with Gasteiger partial charge in [0.05, 0.1) is 16.9 Å². The van der Waals surface area contributed by atoms with Crippen LogP contribution < -0.4 is 20.7 Å². The van der Waals surface area contributed by atoms with Crippen molar-refractivity contribution in [1.82, 2.24) is 5.32 Å². The van der Waals surface area contributed by atoms with E-state index in [2.05, 4.69) is 16.0 Å². The molecule has 0 aliphatic carbocycles. The summed E-state index contributed by atoms with van der Waals surface area (Å²) in [6.45, 7) is 4.30. The van der Waals surface area contributed by atoms with Gasteiger partial charge in [-0.3, -0.25) is 14.4 Å². The van der Waals surface area contributed by atoms with Crippen molar-refractivity contribution in [3.8, 4) is 5.75 Å². The Morgan fingerprint density at radius 2 is 1.61 bits per heavy atom. The van der Waals surface area contributed by atoms with E-state index in [1.54, 1.807) is 78.9 Å². The summed E-state index contributed by atoms with van der Waals surface area (Å²) in [5.74, 6) is -1.09. The molecule has 44 heavy (non-hydrogen) atoms. The molecular formula is C34H31ClFN3O4S. The smallest absolute Gasteiger partial charge is 0.272 e. The second kappa shape index (κ2) is 15.7. The van der Waals surface area contributed by atoms with Crippen LogP contribution in [0.25, 0.3) is 6.08 Å². The van der Waals surface area contributed by atoms with Crippen molar-refractivity contribution in [2.24, 2.45) is 0 Å². The lowest BCUT2D eigenvalue weighted by atomic mass is 10.1. The van der Waals surface area contributed by atoms with E-state index < -0.39 is 22.9 Å². The first-order valence-corrected chi connectivity index (χ1v) is 15.2. The average Bonchev–Trinajstić information content (AvgIpc) is 3.03. The number of carbonyl (C=O) groups is 3. The fourth-order valence-electron chi connectivity index (χ4n) is 4.06. The molecule has 4 rings (SSSR count). The van der Waals surface area contributed by atoms with Gasteiger partial charge in [0, 0.05) is 21.8 Å². The van der Waals surface area contributed by atoms with Crippen LogP contribution in [0.5, 0.6) is 5.75 Å². The lowest BCUT2D eigenvalue weighted by Crippen LogP contribution is -2.30. The number of thioether (sulfide) groups is 1. The zero-order chi connectivity index (χ0) is 31.5. The van der Waals surface area contributed by atoms with E-state index >= 15 is 0 Å². The predicted molar refractivity (Wildman–Crippen MR) is 175 cm³/mol. The predicted octanol–water partition coefficient (Wildman–Crippen LogP) is 7.80. The van der Waals surface area contributed by atoms with E-state index in [-0.39, 0.29) is 16.6 Å². The standard InChI is InChI=1S/C34H31ClFN3O4S/c1-3-31(34(42)38-25-15-18-29(36)28(35)21-25)44-27-12-8-11-24(20-27)37-33(41)30(39-32(40)23-9-6-5-7-10-23)19-22-13-16-26(17-14-22)43-4-2/h5-21,31H,3-4H2,1-2H3,(H,37,41)(H,38,42)(H,39,40)/b30-19+. The number of benzene rings is 4. The Balaban J connectivity index is 1.50. The van der Waals surface area contributed by atoms with Gasteiger partial charge in [0.25, 0.3) is 11.8 Å². The molecule has 0 saturated carbocycles. The summed E-state index contributed by atoms with van der Waals surface area (Å²) in [7, 11) is 0. The largest absolute Gasteiger partial charge is 0.494 e. The van der Waals surface area contributed by atoms with E-state index in [1.807, 2.05) is 19.9 Å². The Labute approximate surface area is 264 Å². The zero-order valence-corrected chi connectivity index (χ0v) is 25.7. The number of carbonyl (C=O) groups excluding carboxylic acids is 3. The first-order valence-electron chi connectivity index (χ1n) is 13.9. The third kappa shape index (κ3) is 9.20. The molecular weight excluding hydrogens is 601 g/mol. The number of hydrogen-bond acceptors (Lipinski definition) is 5. The molecule has 4 aromatic rings. The molecule has 0 aliphatic rings. The van der Waals surface area contributed by atoms with Crippen molar-refractivity contribution in [3.63, 3.8) is 0 Å². The maximum atomic E-state index is 13.5. The van der Waals surface area contributed by atoms with E-state index in [4.69, 9.17) is 16.3 Å². The molecule has 0 saturated heterocycles. The van der Waals surface area contributed by atoms with Gasteiger partial charge in [-0.15, -0.1) is 11.8 Å². The van der Waals surface area contributed by atoms with Gasteiger partial charge in [-0.05, 0) is 85.6 Å². The van der Waals surface area contributed by atoms with Gasteiger partial charge in [0.1, 0.15) is 17.3 Å². The molecule has 0 aliphatic heterocycles. The minimum Gasteiger partial charge on any atom is -0.494 e.